The molecule has 5 nitrogen and oxygen atoms in total. The van der Waals surface area contributed by atoms with Crippen LogP contribution in [0.4, 0.5) is 5.69 Å². The lowest BCUT2D eigenvalue weighted by atomic mass is 10.1. The Morgan fingerprint density at radius 2 is 1.80 bits per heavy atom. The molecule has 1 saturated heterocycles. The largest absolute Gasteiger partial charge is 0.497 e. The first-order valence-corrected chi connectivity index (χ1v) is 10.4. The lowest BCUT2D eigenvalue weighted by Crippen LogP contribution is -2.23. The van der Waals surface area contributed by atoms with Gasteiger partial charge in [-0.25, -0.2) is 4.99 Å². The first-order chi connectivity index (χ1) is 14.5. The highest BCUT2D eigenvalue weighted by Crippen LogP contribution is 2.34. The summed E-state index contributed by atoms with van der Waals surface area (Å²) in [6.07, 6.45) is 3.89. The lowest BCUT2D eigenvalue weighted by molar-refractivity contribution is -0.121. The van der Waals surface area contributed by atoms with Gasteiger partial charge in [0.05, 0.1) is 17.7 Å². The number of carbonyl (C=O) groups excluding carboxylic acids is 1. The molecule has 2 aromatic carbocycles. The highest BCUT2D eigenvalue weighted by atomic mass is 32.2. The van der Waals surface area contributed by atoms with Crippen LogP contribution in [0.3, 0.4) is 0 Å². The van der Waals surface area contributed by atoms with E-state index in [1.807, 2.05) is 65.4 Å². The van der Waals surface area contributed by atoms with Gasteiger partial charge in [-0.15, -0.1) is 0 Å². The van der Waals surface area contributed by atoms with Crippen molar-refractivity contribution >= 4 is 34.6 Å². The maximum Gasteiger partial charge on any atom is 0.266 e. The molecular weight excluding hydrogens is 394 g/mol. The average molecular weight is 418 g/mol. The molecular formula is C24H23N3O2S. The van der Waals surface area contributed by atoms with E-state index in [2.05, 4.69) is 19.9 Å². The van der Waals surface area contributed by atoms with Crippen LogP contribution in [0.15, 0.2) is 70.7 Å². The molecule has 4 rings (SSSR count). The summed E-state index contributed by atoms with van der Waals surface area (Å²) in [6, 6.07) is 17.8. The first-order valence-electron chi connectivity index (χ1n) is 9.61. The Morgan fingerprint density at radius 1 is 1.03 bits per heavy atom. The van der Waals surface area contributed by atoms with Crippen molar-refractivity contribution in [3.8, 4) is 11.4 Å². The zero-order chi connectivity index (χ0) is 21.3. The minimum Gasteiger partial charge on any atom is -0.497 e. The summed E-state index contributed by atoms with van der Waals surface area (Å²) in [5.74, 6) is 0.756. The van der Waals surface area contributed by atoms with Crippen LogP contribution < -0.4 is 4.74 Å². The van der Waals surface area contributed by atoms with Crippen molar-refractivity contribution in [2.24, 2.45) is 4.99 Å². The molecule has 1 aromatic heterocycles. The summed E-state index contributed by atoms with van der Waals surface area (Å²) in [7, 11) is 3.41. The summed E-state index contributed by atoms with van der Waals surface area (Å²) in [4.78, 5) is 19.8. The third-order valence-corrected chi connectivity index (χ3v) is 6.19. The first kappa shape index (κ1) is 20.0. The molecule has 152 valence electrons. The Kier molecular flexibility index (Phi) is 5.50. The fourth-order valence-electron chi connectivity index (χ4n) is 3.18. The number of amidine groups is 1. The number of hydrogen-bond acceptors (Lipinski definition) is 4. The van der Waals surface area contributed by atoms with Crippen molar-refractivity contribution in [1.29, 1.82) is 0 Å². The molecule has 0 saturated carbocycles. The van der Waals surface area contributed by atoms with Crippen molar-refractivity contribution in [2.75, 3.05) is 14.2 Å². The molecule has 1 aliphatic heterocycles. The van der Waals surface area contributed by atoms with E-state index in [1.165, 1.54) is 22.9 Å². The minimum absolute atomic E-state index is 0.0509. The minimum atomic E-state index is -0.0509. The normalized spacial score (nSPS) is 16.7. The zero-order valence-corrected chi connectivity index (χ0v) is 18.2. The number of ether oxygens (including phenoxy) is 1. The van der Waals surface area contributed by atoms with Crippen LogP contribution in [-0.4, -0.2) is 34.7 Å². The summed E-state index contributed by atoms with van der Waals surface area (Å²) < 4.78 is 7.28. The Morgan fingerprint density at radius 3 is 2.50 bits per heavy atom. The Bertz CT molecular complexity index is 1160. The fourth-order valence-corrected chi connectivity index (χ4v) is 4.15. The molecule has 6 heteroatoms. The maximum atomic E-state index is 12.8. The van der Waals surface area contributed by atoms with E-state index in [0.29, 0.717) is 10.1 Å². The van der Waals surface area contributed by atoms with Crippen molar-refractivity contribution in [3.05, 3.63) is 82.5 Å². The molecule has 0 aliphatic carbocycles. The Balaban J connectivity index is 1.63. The van der Waals surface area contributed by atoms with Gasteiger partial charge in [0.15, 0.2) is 5.17 Å². The Hall–Kier alpha value is -3.25. The molecule has 0 spiro atoms. The number of thioether (sulfide) groups is 1. The van der Waals surface area contributed by atoms with Gasteiger partial charge in [-0.3, -0.25) is 9.69 Å². The van der Waals surface area contributed by atoms with Crippen molar-refractivity contribution < 1.29 is 9.53 Å². The van der Waals surface area contributed by atoms with Gasteiger partial charge in [-0.05, 0) is 91.3 Å². The van der Waals surface area contributed by atoms with E-state index >= 15 is 0 Å². The van der Waals surface area contributed by atoms with Gasteiger partial charge in [0.25, 0.3) is 5.91 Å². The number of benzene rings is 2. The van der Waals surface area contributed by atoms with Crippen LogP contribution in [-0.2, 0) is 4.79 Å². The SMILES string of the molecule is COc1ccc(-n2cccc2/C=C2\SC(=Nc3ccc(C)c(C)c3)N(C)C2=O)cc1. The van der Waals surface area contributed by atoms with Gasteiger partial charge in [0.1, 0.15) is 5.75 Å². The molecule has 1 amide bonds. The van der Waals surface area contributed by atoms with E-state index in [4.69, 9.17) is 9.73 Å². The van der Waals surface area contributed by atoms with Crippen molar-refractivity contribution in [3.63, 3.8) is 0 Å². The summed E-state index contributed by atoms with van der Waals surface area (Å²) >= 11 is 1.39. The number of carbonyl (C=O) groups is 1. The smallest absolute Gasteiger partial charge is 0.266 e. The number of aromatic nitrogens is 1. The number of aryl methyl sites for hydroxylation is 2. The quantitative estimate of drug-likeness (QED) is 0.539. The van der Waals surface area contributed by atoms with E-state index in [-0.39, 0.29) is 5.91 Å². The molecule has 1 fully saturated rings. The number of methoxy groups -OCH3 is 1. The number of hydrogen-bond donors (Lipinski definition) is 0. The summed E-state index contributed by atoms with van der Waals surface area (Å²) in [5, 5.41) is 0.678. The molecule has 0 unspecified atom stereocenters. The van der Waals surface area contributed by atoms with E-state index in [1.54, 1.807) is 19.1 Å². The molecule has 30 heavy (non-hydrogen) atoms. The van der Waals surface area contributed by atoms with Crippen molar-refractivity contribution in [1.82, 2.24) is 9.47 Å². The lowest BCUT2D eigenvalue weighted by Gasteiger charge is -2.08. The van der Waals surface area contributed by atoms with Crippen LogP contribution >= 0.6 is 11.8 Å². The molecule has 3 aromatic rings. The van der Waals surface area contributed by atoms with Crippen LogP contribution in [0, 0.1) is 13.8 Å². The van der Waals surface area contributed by atoms with Crippen LogP contribution in [0.5, 0.6) is 5.75 Å². The molecule has 2 heterocycles. The molecule has 0 N–H and O–H groups in total. The molecule has 0 bridgehead atoms. The molecule has 1 aliphatic rings. The number of rotatable bonds is 4. The average Bonchev–Trinajstić information content (AvgIpc) is 3.31. The van der Waals surface area contributed by atoms with Gasteiger partial charge in [-0.2, -0.15) is 0 Å². The second-order valence-corrected chi connectivity index (χ2v) is 8.15. The van der Waals surface area contributed by atoms with Gasteiger partial charge in [-0.1, -0.05) is 6.07 Å². The van der Waals surface area contributed by atoms with Gasteiger partial charge in [0, 0.05) is 24.6 Å². The van der Waals surface area contributed by atoms with Crippen LogP contribution in [0.1, 0.15) is 16.8 Å². The van der Waals surface area contributed by atoms with E-state index in [9.17, 15) is 4.79 Å². The van der Waals surface area contributed by atoms with Gasteiger partial charge < -0.3 is 9.30 Å². The zero-order valence-electron chi connectivity index (χ0n) is 17.4. The molecule has 0 radical (unpaired) electrons. The number of likely N-dealkylation sites (N-methyl/N-ethyl adjacent to an activating group) is 1. The third kappa shape index (κ3) is 3.91. The van der Waals surface area contributed by atoms with E-state index in [0.717, 1.165) is 22.8 Å². The number of nitrogens with zero attached hydrogens (tertiary/aromatic N) is 3. The predicted molar refractivity (Wildman–Crippen MR) is 124 cm³/mol. The fraction of sp³-hybridized carbons (Fsp3) is 0.167. The monoisotopic (exact) mass is 417 g/mol. The second-order valence-electron chi connectivity index (χ2n) is 7.14. The standard InChI is InChI=1S/C24H23N3O2S/c1-16-7-8-18(14-17(16)2)25-24-26(3)23(28)22(30-24)15-20-6-5-13-27(20)19-9-11-21(29-4)12-10-19/h5-15H,1-4H3/b22-15-,25-24?. The third-order valence-electron chi connectivity index (χ3n) is 5.13. The highest BCUT2D eigenvalue weighted by Gasteiger charge is 2.30. The predicted octanol–water partition coefficient (Wildman–Crippen LogP) is 5.34. The molecule has 0 atom stereocenters. The maximum absolute atomic E-state index is 12.8. The van der Waals surface area contributed by atoms with Crippen molar-refractivity contribution in [2.45, 2.75) is 13.8 Å². The Labute approximate surface area is 180 Å². The van der Waals surface area contributed by atoms with E-state index < -0.39 is 0 Å². The number of aliphatic imine (C=N–C) groups is 1. The summed E-state index contributed by atoms with van der Waals surface area (Å²) in [5.41, 5.74) is 5.18. The topological polar surface area (TPSA) is 46.8 Å². The van der Waals surface area contributed by atoms with Crippen LogP contribution in [0.25, 0.3) is 11.8 Å². The van der Waals surface area contributed by atoms with Gasteiger partial charge in [0.2, 0.25) is 0 Å². The number of amides is 1. The van der Waals surface area contributed by atoms with Gasteiger partial charge >= 0.3 is 0 Å². The second kappa shape index (κ2) is 8.24. The highest BCUT2D eigenvalue weighted by molar-refractivity contribution is 8.18. The van der Waals surface area contributed by atoms with Crippen LogP contribution in [0.2, 0.25) is 0 Å². The summed E-state index contributed by atoms with van der Waals surface area (Å²) in [6.45, 7) is 4.14.